The van der Waals surface area contributed by atoms with E-state index in [0.717, 1.165) is 23.3 Å². The van der Waals surface area contributed by atoms with Crippen molar-refractivity contribution >= 4 is 15.9 Å². The van der Waals surface area contributed by atoms with Gasteiger partial charge in [0.05, 0.1) is 12.7 Å². The Balaban J connectivity index is 2.03. The number of rotatable bonds is 2. The van der Waals surface area contributed by atoms with Gasteiger partial charge in [-0.2, -0.15) is 0 Å². The van der Waals surface area contributed by atoms with Crippen LogP contribution in [0, 0.1) is 0 Å². The van der Waals surface area contributed by atoms with E-state index in [2.05, 4.69) is 15.9 Å². The second kappa shape index (κ2) is 3.82. The Morgan fingerprint density at radius 2 is 2.31 bits per heavy atom. The van der Waals surface area contributed by atoms with Gasteiger partial charge >= 0.3 is 0 Å². The molecule has 1 N–H and O–H groups in total. The zero-order chi connectivity index (χ0) is 9.26. The lowest BCUT2D eigenvalue weighted by Gasteiger charge is -2.08. The Kier molecular flexibility index (Phi) is 2.71. The van der Waals surface area contributed by atoms with Crippen molar-refractivity contribution in [1.29, 1.82) is 0 Å². The second-order valence-corrected chi connectivity index (χ2v) is 3.93. The molecular formula is C9H11BrO3. The molecule has 0 radical (unpaired) electrons. The molecule has 1 aliphatic heterocycles. The van der Waals surface area contributed by atoms with Gasteiger partial charge < -0.3 is 14.3 Å². The van der Waals surface area contributed by atoms with Gasteiger partial charge in [-0.1, -0.05) is 0 Å². The lowest BCUT2D eigenvalue weighted by molar-refractivity contribution is 0.00183. The highest BCUT2D eigenvalue weighted by atomic mass is 79.9. The Morgan fingerprint density at radius 3 is 2.85 bits per heavy atom. The molecule has 1 fully saturated rings. The zero-order valence-electron chi connectivity index (χ0n) is 7.07. The van der Waals surface area contributed by atoms with Crippen molar-refractivity contribution in [2.24, 2.45) is 0 Å². The predicted octanol–water partition coefficient (Wildman–Crippen LogP) is 2.25. The van der Waals surface area contributed by atoms with Crippen molar-refractivity contribution in [1.82, 2.24) is 0 Å². The van der Waals surface area contributed by atoms with Gasteiger partial charge in [0, 0.05) is 0 Å². The van der Waals surface area contributed by atoms with Crippen molar-refractivity contribution < 1.29 is 14.3 Å². The van der Waals surface area contributed by atoms with Crippen LogP contribution in [0.15, 0.2) is 21.2 Å². The lowest BCUT2D eigenvalue weighted by Crippen LogP contribution is -2.10. The Morgan fingerprint density at radius 1 is 1.46 bits per heavy atom. The Labute approximate surface area is 84.8 Å². The molecule has 1 aromatic heterocycles. The molecule has 1 aliphatic rings. The average molecular weight is 247 g/mol. The van der Waals surface area contributed by atoms with Crippen LogP contribution in [-0.2, 0) is 4.74 Å². The number of ether oxygens (including phenoxy) is 1. The summed E-state index contributed by atoms with van der Waals surface area (Å²) in [7, 11) is 0. The van der Waals surface area contributed by atoms with Gasteiger partial charge in [-0.25, -0.2) is 0 Å². The maximum Gasteiger partial charge on any atom is 0.169 e. The third-order valence-electron chi connectivity index (χ3n) is 2.22. The van der Waals surface area contributed by atoms with E-state index in [1.165, 1.54) is 0 Å². The van der Waals surface area contributed by atoms with Crippen LogP contribution >= 0.6 is 15.9 Å². The first kappa shape index (κ1) is 9.24. The van der Waals surface area contributed by atoms with Crippen molar-refractivity contribution in [2.75, 3.05) is 6.61 Å². The van der Waals surface area contributed by atoms with Gasteiger partial charge in [0.2, 0.25) is 0 Å². The van der Waals surface area contributed by atoms with Crippen LogP contribution in [0.5, 0.6) is 0 Å². The molecule has 0 spiro atoms. The van der Waals surface area contributed by atoms with E-state index in [-0.39, 0.29) is 18.8 Å². The first-order valence-electron chi connectivity index (χ1n) is 4.31. The monoisotopic (exact) mass is 246 g/mol. The molecule has 2 atom stereocenters. The fraction of sp³-hybridized carbons (Fsp3) is 0.556. The summed E-state index contributed by atoms with van der Waals surface area (Å²) < 4.78 is 11.6. The van der Waals surface area contributed by atoms with E-state index in [9.17, 15) is 0 Å². The quantitative estimate of drug-likeness (QED) is 0.871. The molecule has 72 valence electrons. The summed E-state index contributed by atoms with van der Waals surface area (Å²) in [6.45, 7) is 0.0956. The molecule has 2 heterocycles. The SMILES string of the molecule is OCC1CCC(c2ccc(Br)o2)O1. The van der Waals surface area contributed by atoms with Crippen molar-refractivity contribution in [2.45, 2.75) is 25.0 Å². The topological polar surface area (TPSA) is 42.6 Å². The molecule has 2 unspecified atom stereocenters. The van der Waals surface area contributed by atoms with Crippen LogP contribution in [0.25, 0.3) is 0 Å². The first-order chi connectivity index (χ1) is 6.29. The van der Waals surface area contributed by atoms with Gasteiger partial charge in [-0.05, 0) is 40.9 Å². The molecule has 1 aromatic rings. The summed E-state index contributed by atoms with van der Waals surface area (Å²) in [6.07, 6.45) is 1.82. The van der Waals surface area contributed by atoms with Crippen LogP contribution in [-0.4, -0.2) is 17.8 Å². The lowest BCUT2D eigenvalue weighted by atomic mass is 10.2. The second-order valence-electron chi connectivity index (χ2n) is 3.15. The highest BCUT2D eigenvalue weighted by Crippen LogP contribution is 2.34. The van der Waals surface area contributed by atoms with E-state index in [0.29, 0.717) is 0 Å². The van der Waals surface area contributed by atoms with E-state index in [4.69, 9.17) is 14.3 Å². The third kappa shape index (κ3) is 1.95. The van der Waals surface area contributed by atoms with Gasteiger partial charge in [0.15, 0.2) is 4.67 Å². The number of halogens is 1. The largest absolute Gasteiger partial charge is 0.452 e. The van der Waals surface area contributed by atoms with Crippen molar-refractivity contribution in [3.05, 3.63) is 22.6 Å². The fourth-order valence-electron chi connectivity index (χ4n) is 1.55. The standard InChI is InChI=1S/C9H11BrO3/c10-9-4-3-8(13-9)7-2-1-6(5-11)12-7/h3-4,6-7,11H,1-2,5H2. The Hall–Kier alpha value is -0.320. The van der Waals surface area contributed by atoms with E-state index < -0.39 is 0 Å². The molecular weight excluding hydrogens is 236 g/mol. The normalized spacial score (nSPS) is 28.2. The molecule has 2 rings (SSSR count). The predicted molar refractivity (Wildman–Crippen MR) is 50.3 cm³/mol. The minimum absolute atomic E-state index is 0.0171. The van der Waals surface area contributed by atoms with E-state index in [1.807, 2.05) is 12.1 Å². The molecule has 0 aliphatic carbocycles. The maximum atomic E-state index is 8.87. The number of aliphatic hydroxyl groups excluding tert-OH is 1. The summed E-state index contributed by atoms with van der Waals surface area (Å²) in [4.78, 5) is 0. The molecule has 13 heavy (non-hydrogen) atoms. The van der Waals surface area contributed by atoms with Crippen molar-refractivity contribution in [3.8, 4) is 0 Å². The number of hydrogen-bond acceptors (Lipinski definition) is 3. The fourth-order valence-corrected chi connectivity index (χ4v) is 1.87. The van der Waals surface area contributed by atoms with Gasteiger partial charge in [0.25, 0.3) is 0 Å². The van der Waals surface area contributed by atoms with Gasteiger partial charge in [0.1, 0.15) is 11.9 Å². The first-order valence-corrected chi connectivity index (χ1v) is 5.10. The highest BCUT2D eigenvalue weighted by molar-refractivity contribution is 9.10. The van der Waals surface area contributed by atoms with Crippen LogP contribution in [0.1, 0.15) is 24.7 Å². The van der Waals surface area contributed by atoms with Crippen LogP contribution in [0.3, 0.4) is 0 Å². The van der Waals surface area contributed by atoms with Crippen LogP contribution in [0.4, 0.5) is 0 Å². The summed E-state index contributed by atoms with van der Waals surface area (Å²) >= 11 is 3.24. The molecule has 3 nitrogen and oxygen atoms in total. The average Bonchev–Trinajstić information content (AvgIpc) is 2.71. The smallest absolute Gasteiger partial charge is 0.169 e. The summed E-state index contributed by atoms with van der Waals surface area (Å²) in [5.41, 5.74) is 0. The summed E-state index contributed by atoms with van der Waals surface area (Å²) in [5.74, 6) is 0.836. The summed E-state index contributed by atoms with van der Waals surface area (Å²) in [5, 5.41) is 8.87. The molecule has 0 aromatic carbocycles. The number of hydrogen-bond donors (Lipinski definition) is 1. The Bertz CT molecular complexity index is 284. The highest BCUT2D eigenvalue weighted by Gasteiger charge is 2.27. The van der Waals surface area contributed by atoms with E-state index >= 15 is 0 Å². The van der Waals surface area contributed by atoms with Crippen molar-refractivity contribution in [3.63, 3.8) is 0 Å². The molecule has 0 bridgehead atoms. The van der Waals surface area contributed by atoms with E-state index in [1.54, 1.807) is 0 Å². The van der Waals surface area contributed by atoms with Crippen LogP contribution < -0.4 is 0 Å². The number of aliphatic hydroxyl groups is 1. The molecule has 0 saturated carbocycles. The zero-order valence-corrected chi connectivity index (χ0v) is 8.66. The van der Waals surface area contributed by atoms with Gasteiger partial charge in [-0.3, -0.25) is 0 Å². The molecule has 1 saturated heterocycles. The summed E-state index contributed by atoms with van der Waals surface area (Å²) in [6, 6.07) is 3.75. The minimum Gasteiger partial charge on any atom is -0.452 e. The van der Waals surface area contributed by atoms with Crippen LogP contribution in [0.2, 0.25) is 0 Å². The number of furan rings is 1. The maximum absolute atomic E-state index is 8.87. The minimum atomic E-state index is -0.0196. The molecule has 4 heteroatoms. The third-order valence-corrected chi connectivity index (χ3v) is 2.65. The molecule has 0 amide bonds. The van der Waals surface area contributed by atoms with Gasteiger partial charge in [-0.15, -0.1) is 0 Å².